The van der Waals surface area contributed by atoms with Gasteiger partial charge < -0.3 is 5.11 Å². The lowest BCUT2D eigenvalue weighted by Crippen LogP contribution is -2.40. The summed E-state index contributed by atoms with van der Waals surface area (Å²) in [5.41, 5.74) is 0.521. The summed E-state index contributed by atoms with van der Waals surface area (Å²) in [5.74, 6) is 0.755. The maximum Gasteiger partial charge on any atom is 0.0612 e. The van der Waals surface area contributed by atoms with Crippen molar-refractivity contribution < 1.29 is 5.11 Å². The van der Waals surface area contributed by atoms with Crippen LogP contribution in [0.15, 0.2) is 0 Å². The Kier molecular flexibility index (Phi) is 1.86. The van der Waals surface area contributed by atoms with E-state index in [1.165, 1.54) is 12.8 Å². The summed E-state index contributed by atoms with van der Waals surface area (Å²) in [6.07, 6.45) is 3.48. The fourth-order valence-electron chi connectivity index (χ4n) is 3.35. The fourth-order valence-corrected chi connectivity index (χ4v) is 4.73. The molecule has 0 aromatic rings. The Bertz CT molecular complexity index is 202. The van der Waals surface area contributed by atoms with Gasteiger partial charge in [0, 0.05) is 10.7 Å². The first-order valence-electron chi connectivity index (χ1n) is 4.78. The van der Waals surface area contributed by atoms with Crippen LogP contribution in [0.4, 0.5) is 0 Å². The Hall–Kier alpha value is 0.440. The summed E-state index contributed by atoms with van der Waals surface area (Å²) in [5, 5.41) is 10.9. The van der Waals surface area contributed by atoms with Crippen molar-refractivity contribution in [2.45, 2.75) is 39.2 Å². The molecule has 0 spiro atoms. The second kappa shape index (κ2) is 2.48. The minimum absolute atomic E-state index is 0.0642. The summed E-state index contributed by atoms with van der Waals surface area (Å²) >= 11 is 3.58. The van der Waals surface area contributed by atoms with Crippen LogP contribution < -0.4 is 0 Å². The van der Waals surface area contributed by atoms with E-state index in [2.05, 4.69) is 29.8 Å². The number of halogens is 1. The third-order valence-corrected chi connectivity index (χ3v) is 5.63. The average Bonchev–Trinajstić information content (AvgIpc) is 2.36. The van der Waals surface area contributed by atoms with E-state index in [0.717, 1.165) is 17.7 Å². The Balaban J connectivity index is 2.39. The predicted molar refractivity (Wildman–Crippen MR) is 53.4 cm³/mol. The van der Waals surface area contributed by atoms with E-state index in [0.29, 0.717) is 5.41 Å². The molecular weight excluding hydrogens is 216 g/mol. The van der Waals surface area contributed by atoms with Crippen molar-refractivity contribution in [3.05, 3.63) is 0 Å². The Morgan fingerprint density at radius 2 is 2.17 bits per heavy atom. The highest BCUT2D eigenvalue weighted by Crippen LogP contribution is 2.66. The molecule has 3 atom stereocenters. The number of aliphatic hydroxyl groups excluding tert-OH is 1. The molecular formula is C10H17BrO. The summed E-state index contributed by atoms with van der Waals surface area (Å²) in [6, 6.07) is 0. The molecule has 0 radical (unpaired) electrons. The van der Waals surface area contributed by atoms with Crippen molar-refractivity contribution in [3.8, 4) is 0 Å². The number of hydrogen-bond donors (Lipinski definition) is 1. The molecule has 2 heteroatoms. The van der Waals surface area contributed by atoms with Crippen LogP contribution in [-0.4, -0.2) is 16.5 Å². The summed E-state index contributed by atoms with van der Waals surface area (Å²) in [7, 11) is 0. The molecule has 1 nitrogen and oxygen atoms in total. The van der Waals surface area contributed by atoms with Gasteiger partial charge in [-0.3, -0.25) is 0 Å². The van der Waals surface area contributed by atoms with E-state index >= 15 is 0 Å². The van der Waals surface area contributed by atoms with Crippen LogP contribution in [0, 0.1) is 16.7 Å². The zero-order valence-electron chi connectivity index (χ0n) is 7.81. The van der Waals surface area contributed by atoms with Crippen LogP contribution >= 0.6 is 15.9 Å². The highest BCUT2D eigenvalue weighted by Gasteiger charge is 2.62. The third-order valence-electron chi connectivity index (χ3n) is 4.63. The molecule has 0 unspecified atom stereocenters. The van der Waals surface area contributed by atoms with Gasteiger partial charge in [0.05, 0.1) is 6.10 Å². The minimum Gasteiger partial charge on any atom is -0.392 e. The second-order valence-electron chi connectivity index (χ2n) is 5.00. The average molecular weight is 233 g/mol. The van der Waals surface area contributed by atoms with Gasteiger partial charge in [0.15, 0.2) is 0 Å². The number of hydrogen-bond acceptors (Lipinski definition) is 1. The maximum absolute atomic E-state index is 9.98. The van der Waals surface area contributed by atoms with Crippen molar-refractivity contribution in [3.63, 3.8) is 0 Å². The molecule has 2 bridgehead atoms. The van der Waals surface area contributed by atoms with Gasteiger partial charge in [-0.05, 0) is 30.6 Å². The van der Waals surface area contributed by atoms with Gasteiger partial charge in [-0.2, -0.15) is 0 Å². The third kappa shape index (κ3) is 0.784. The number of aliphatic hydroxyl groups is 1. The van der Waals surface area contributed by atoms with E-state index in [-0.39, 0.29) is 11.5 Å². The molecule has 12 heavy (non-hydrogen) atoms. The highest BCUT2D eigenvalue weighted by molar-refractivity contribution is 9.09. The number of rotatable bonds is 1. The normalized spacial score (nSPS) is 50.0. The number of alkyl halides is 1. The zero-order chi connectivity index (χ0) is 8.98. The summed E-state index contributed by atoms with van der Waals surface area (Å²) in [4.78, 5) is 0. The molecule has 0 aliphatic heterocycles. The topological polar surface area (TPSA) is 20.2 Å². The van der Waals surface area contributed by atoms with Crippen LogP contribution in [0.1, 0.15) is 33.1 Å². The van der Waals surface area contributed by atoms with Gasteiger partial charge in [-0.1, -0.05) is 29.8 Å². The largest absolute Gasteiger partial charge is 0.392 e. The second-order valence-corrected chi connectivity index (χ2v) is 5.56. The van der Waals surface area contributed by atoms with Crippen LogP contribution in [0.25, 0.3) is 0 Å². The molecule has 0 aromatic heterocycles. The first-order chi connectivity index (χ1) is 5.54. The maximum atomic E-state index is 9.98. The molecule has 2 saturated carbocycles. The lowest BCUT2D eigenvalue weighted by atomic mass is 9.70. The van der Waals surface area contributed by atoms with Gasteiger partial charge in [0.1, 0.15) is 0 Å². The smallest absolute Gasteiger partial charge is 0.0612 e. The van der Waals surface area contributed by atoms with Crippen molar-refractivity contribution >= 4 is 15.9 Å². The highest BCUT2D eigenvalue weighted by atomic mass is 79.9. The van der Waals surface area contributed by atoms with Crippen molar-refractivity contribution in [1.29, 1.82) is 0 Å². The molecule has 0 saturated heterocycles. The van der Waals surface area contributed by atoms with E-state index < -0.39 is 0 Å². The predicted octanol–water partition coefficient (Wildman–Crippen LogP) is 2.57. The molecule has 0 heterocycles. The van der Waals surface area contributed by atoms with Crippen LogP contribution in [0.2, 0.25) is 0 Å². The van der Waals surface area contributed by atoms with E-state index in [4.69, 9.17) is 0 Å². The zero-order valence-corrected chi connectivity index (χ0v) is 9.39. The van der Waals surface area contributed by atoms with Crippen molar-refractivity contribution in [2.75, 3.05) is 5.33 Å². The lowest BCUT2D eigenvalue weighted by Gasteiger charge is -2.38. The van der Waals surface area contributed by atoms with E-state index in [1.807, 2.05) is 0 Å². The molecule has 0 amide bonds. The fraction of sp³-hybridized carbons (Fsp3) is 1.00. The van der Waals surface area contributed by atoms with Gasteiger partial charge in [-0.25, -0.2) is 0 Å². The quantitative estimate of drug-likeness (QED) is 0.690. The van der Waals surface area contributed by atoms with E-state index in [1.54, 1.807) is 0 Å². The van der Waals surface area contributed by atoms with E-state index in [9.17, 15) is 5.11 Å². The molecule has 2 aliphatic rings. The number of fused-ring (bicyclic) bond motifs is 2. The summed E-state index contributed by atoms with van der Waals surface area (Å²) < 4.78 is 0. The Labute approximate surface area is 82.7 Å². The molecule has 70 valence electrons. The van der Waals surface area contributed by atoms with Crippen LogP contribution in [0.5, 0.6) is 0 Å². The van der Waals surface area contributed by atoms with Crippen molar-refractivity contribution in [1.82, 2.24) is 0 Å². The molecule has 0 aromatic carbocycles. The first-order valence-corrected chi connectivity index (χ1v) is 5.91. The van der Waals surface area contributed by atoms with Crippen molar-refractivity contribution in [2.24, 2.45) is 16.7 Å². The molecule has 2 fully saturated rings. The standard InChI is InChI=1S/C10H17BrO/c1-9(2)7-3-4-10(9,6-11)8(12)5-7/h7-8,12H,3-6H2,1-2H3/t7-,8-,10-/m1/s1. The van der Waals surface area contributed by atoms with Crippen LogP contribution in [0.3, 0.4) is 0 Å². The van der Waals surface area contributed by atoms with Crippen LogP contribution in [-0.2, 0) is 0 Å². The Morgan fingerprint density at radius 1 is 1.50 bits per heavy atom. The minimum atomic E-state index is -0.0642. The Morgan fingerprint density at radius 3 is 2.42 bits per heavy atom. The SMILES string of the molecule is CC1(C)[C@@H]2CC[C@@]1(CBr)[C@H](O)C2. The van der Waals surface area contributed by atoms with Gasteiger partial charge in [0.25, 0.3) is 0 Å². The molecule has 2 rings (SSSR count). The molecule has 1 N–H and O–H groups in total. The van der Waals surface area contributed by atoms with Gasteiger partial charge >= 0.3 is 0 Å². The lowest BCUT2D eigenvalue weighted by molar-refractivity contribution is 0.0178. The van der Waals surface area contributed by atoms with Gasteiger partial charge in [-0.15, -0.1) is 0 Å². The molecule has 2 aliphatic carbocycles. The monoisotopic (exact) mass is 232 g/mol. The van der Waals surface area contributed by atoms with Gasteiger partial charge in [0.2, 0.25) is 0 Å². The summed E-state index contributed by atoms with van der Waals surface area (Å²) in [6.45, 7) is 4.64. The first kappa shape index (κ1) is 9.01.